The molecule has 3 rings (SSSR count). The molecule has 5 nitrogen and oxygen atoms in total. The predicted octanol–water partition coefficient (Wildman–Crippen LogP) is 2.60. The molecule has 0 saturated carbocycles. The Morgan fingerprint density at radius 3 is 2.56 bits per heavy atom. The highest BCUT2D eigenvalue weighted by molar-refractivity contribution is 5.98. The maximum Gasteiger partial charge on any atom is 0.219 e. The Morgan fingerprint density at radius 2 is 1.88 bits per heavy atom. The minimum absolute atomic E-state index is 0.0618. The number of likely N-dealkylation sites (tertiary alicyclic amines) is 2. The number of hydrogen-bond acceptors (Lipinski definition) is 4. The molecule has 5 heteroatoms. The van der Waals surface area contributed by atoms with Gasteiger partial charge in [0.05, 0.1) is 7.11 Å². The first-order valence-electron chi connectivity index (χ1n) is 9.26. The van der Waals surface area contributed by atoms with E-state index in [0.717, 1.165) is 63.2 Å². The Labute approximate surface area is 149 Å². The fourth-order valence-electron chi connectivity index (χ4n) is 4.11. The molecule has 1 atom stereocenters. The predicted molar refractivity (Wildman–Crippen MR) is 96.9 cm³/mol. The molecule has 0 aliphatic carbocycles. The largest absolute Gasteiger partial charge is 0.497 e. The quantitative estimate of drug-likeness (QED) is 0.788. The highest BCUT2D eigenvalue weighted by Gasteiger charge is 2.32. The molecule has 0 aromatic heterocycles. The van der Waals surface area contributed by atoms with Crippen molar-refractivity contribution in [3.63, 3.8) is 0 Å². The molecule has 0 radical (unpaired) electrons. The SMILES string of the molecule is COc1cccc(C(=O)C2CCCN(C3CCN(C(C)=O)CC3)C2)c1. The summed E-state index contributed by atoms with van der Waals surface area (Å²) < 4.78 is 5.24. The summed E-state index contributed by atoms with van der Waals surface area (Å²) in [6, 6.07) is 7.97. The lowest BCUT2D eigenvalue weighted by molar-refractivity contribution is -0.130. The zero-order chi connectivity index (χ0) is 17.8. The zero-order valence-electron chi connectivity index (χ0n) is 15.2. The molecule has 25 heavy (non-hydrogen) atoms. The van der Waals surface area contributed by atoms with Crippen LogP contribution in [0.25, 0.3) is 0 Å². The average Bonchev–Trinajstić information content (AvgIpc) is 2.67. The molecule has 1 aromatic carbocycles. The molecule has 0 bridgehead atoms. The maximum atomic E-state index is 12.9. The highest BCUT2D eigenvalue weighted by Crippen LogP contribution is 2.27. The number of Topliss-reactive ketones (excluding diaryl/α,β-unsaturated/α-hetero) is 1. The van der Waals surface area contributed by atoms with Gasteiger partial charge in [-0.25, -0.2) is 0 Å². The van der Waals surface area contributed by atoms with Crippen LogP contribution in [0.2, 0.25) is 0 Å². The van der Waals surface area contributed by atoms with Crippen molar-refractivity contribution in [2.24, 2.45) is 5.92 Å². The summed E-state index contributed by atoms with van der Waals surface area (Å²) in [5, 5.41) is 0. The summed E-state index contributed by atoms with van der Waals surface area (Å²) in [7, 11) is 1.62. The molecule has 0 N–H and O–H groups in total. The molecular formula is C20H28N2O3. The number of methoxy groups -OCH3 is 1. The fourth-order valence-corrected chi connectivity index (χ4v) is 4.11. The van der Waals surface area contributed by atoms with E-state index >= 15 is 0 Å². The number of ketones is 1. The summed E-state index contributed by atoms with van der Waals surface area (Å²) >= 11 is 0. The Hall–Kier alpha value is -1.88. The third-order valence-corrected chi connectivity index (χ3v) is 5.60. The molecule has 2 aliphatic heterocycles. The summed E-state index contributed by atoms with van der Waals surface area (Å²) in [5.74, 6) is 1.19. The minimum Gasteiger partial charge on any atom is -0.497 e. The Balaban J connectivity index is 1.61. The van der Waals surface area contributed by atoms with Crippen LogP contribution in [0.15, 0.2) is 24.3 Å². The topological polar surface area (TPSA) is 49.9 Å². The summed E-state index contributed by atoms with van der Waals surface area (Å²) in [6.07, 6.45) is 4.05. The van der Waals surface area contributed by atoms with Crippen molar-refractivity contribution >= 4 is 11.7 Å². The lowest BCUT2D eigenvalue weighted by Gasteiger charge is -2.41. The first-order chi connectivity index (χ1) is 12.1. The molecule has 1 amide bonds. The van der Waals surface area contributed by atoms with Gasteiger partial charge in [-0.1, -0.05) is 12.1 Å². The molecule has 2 fully saturated rings. The van der Waals surface area contributed by atoms with E-state index in [2.05, 4.69) is 4.90 Å². The normalized spacial score (nSPS) is 22.6. The second-order valence-electron chi connectivity index (χ2n) is 7.17. The van der Waals surface area contributed by atoms with Crippen molar-refractivity contribution in [3.05, 3.63) is 29.8 Å². The van der Waals surface area contributed by atoms with Crippen LogP contribution in [0.4, 0.5) is 0 Å². The number of nitrogens with zero attached hydrogens (tertiary/aromatic N) is 2. The van der Waals surface area contributed by atoms with Crippen LogP contribution >= 0.6 is 0 Å². The van der Waals surface area contributed by atoms with Gasteiger partial charge in [0.25, 0.3) is 0 Å². The van der Waals surface area contributed by atoms with E-state index < -0.39 is 0 Å². The second kappa shape index (κ2) is 8.00. The van der Waals surface area contributed by atoms with Crippen molar-refractivity contribution in [2.45, 2.75) is 38.6 Å². The van der Waals surface area contributed by atoms with Crippen LogP contribution in [0.1, 0.15) is 43.0 Å². The number of ether oxygens (including phenoxy) is 1. The standard InChI is InChI=1S/C20H28N2O3/c1-15(23)21-11-8-18(9-12-21)22-10-4-6-17(14-22)20(24)16-5-3-7-19(13-16)25-2/h3,5,7,13,17-18H,4,6,8-12,14H2,1-2H3. The van der Waals surface area contributed by atoms with Crippen LogP contribution < -0.4 is 4.74 Å². The number of hydrogen-bond donors (Lipinski definition) is 0. The molecule has 2 aliphatic rings. The van der Waals surface area contributed by atoms with Crippen LogP contribution in [0.5, 0.6) is 5.75 Å². The maximum absolute atomic E-state index is 12.9. The van der Waals surface area contributed by atoms with Gasteiger partial charge in [-0.05, 0) is 44.4 Å². The molecule has 0 spiro atoms. The number of piperidine rings is 2. The molecule has 1 aromatic rings. The van der Waals surface area contributed by atoms with E-state index in [1.54, 1.807) is 14.0 Å². The van der Waals surface area contributed by atoms with Gasteiger partial charge < -0.3 is 9.64 Å². The molecule has 136 valence electrons. The highest BCUT2D eigenvalue weighted by atomic mass is 16.5. The van der Waals surface area contributed by atoms with Crippen LogP contribution in [0, 0.1) is 5.92 Å². The number of rotatable bonds is 4. The summed E-state index contributed by atoms with van der Waals surface area (Å²) in [6.45, 7) is 5.22. The average molecular weight is 344 g/mol. The third kappa shape index (κ3) is 4.21. The second-order valence-corrected chi connectivity index (χ2v) is 7.17. The molecule has 2 heterocycles. The third-order valence-electron chi connectivity index (χ3n) is 5.60. The summed E-state index contributed by atoms with van der Waals surface area (Å²) in [5.41, 5.74) is 0.748. The van der Waals surface area contributed by atoms with Crippen molar-refractivity contribution in [1.82, 2.24) is 9.80 Å². The van der Waals surface area contributed by atoms with Crippen LogP contribution in [0.3, 0.4) is 0 Å². The number of amides is 1. The van der Waals surface area contributed by atoms with E-state index in [9.17, 15) is 9.59 Å². The lowest BCUT2D eigenvalue weighted by atomic mass is 9.88. The van der Waals surface area contributed by atoms with E-state index in [1.807, 2.05) is 29.2 Å². The van der Waals surface area contributed by atoms with Crippen molar-refractivity contribution in [3.8, 4) is 5.75 Å². The van der Waals surface area contributed by atoms with E-state index in [-0.39, 0.29) is 17.6 Å². The van der Waals surface area contributed by atoms with Crippen molar-refractivity contribution in [2.75, 3.05) is 33.3 Å². The van der Waals surface area contributed by atoms with Gasteiger partial charge in [-0.2, -0.15) is 0 Å². The molecule has 1 unspecified atom stereocenters. The van der Waals surface area contributed by atoms with E-state index in [0.29, 0.717) is 6.04 Å². The van der Waals surface area contributed by atoms with E-state index in [4.69, 9.17) is 4.74 Å². The van der Waals surface area contributed by atoms with Crippen LogP contribution in [-0.2, 0) is 4.79 Å². The van der Waals surface area contributed by atoms with Crippen molar-refractivity contribution in [1.29, 1.82) is 0 Å². The molecular weight excluding hydrogens is 316 g/mol. The van der Waals surface area contributed by atoms with Gasteiger partial charge in [-0.3, -0.25) is 14.5 Å². The first-order valence-corrected chi connectivity index (χ1v) is 9.26. The van der Waals surface area contributed by atoms with Gasteiger partial charge in [0, 0.05) is 44.1 Å². The zero-order valence-corrected chi connectivity index (χ0v) is 15.2. The minimum atomic E-state index is 0.0618. The smallest absolute Gasteiger partial charge is 0.219 e. The number of benzene rings is 1. The lowest BCUT2D eigenvalue weighted by Crippen LogP contribution is -2.50. The van der Waals surface area contributed by atoms with Gasteiger partial charge in [0.15, 0.2) is 5.78 Å². The van der Waals surface area contributed by atoms with Gasteiger partial charge in [-0.15, -0.1) is 0 Å². The van der Waals surface area contributed by atoms with Gasteiger partial charge >= 0.3 is 0 Å². The number of carbonyl (C=O) groups is 2. The fraction of sp³-hybridized carbons (Fsp3) is 0.600. The monoisotopic (exact) mass is 344 g/mol. The number of carbonyl (C=O) groups excluding carboxylic acids is 2. The summed E-state index contributed by atoms with van der Waals surface area (Å²) in [4.78, 5) is 28.8. The van der Waals surface area contributed by atoms with Gasteiger partial charge in [0.1, 0.15) is 5.75 Å². The molecule has 2 saturated heterocycles. The van der Waals surface area contributed by atoms with Crippen molar-refractivity contribution < 1.29 is 14.3 Å². The Bertz CT molecular complexity index is 623. The Morgan fingerprint density at radius 1 is 1.12 bits per heavy atom. The van der Waals surface area contributed by atoms with Gasteiger partial charge in [0.2, 0.25) is 5.91 Å². The van der Waals surface area contributed by atoms with E-state index in [1.165, 1.54) is 0 Å². The van der Waals surface area contributed by atoms with Crippen LogP contribution in [-0.4, -0.2) is 60.8 Å². The Kier molecular flexibility index (Phi) is 5.74. The first kappa shape index (κ1) is 17.9.